The highest BCUT2D eigenvalue weighted by Gasteiger charge is 2.16. The first-order valence-corrected chi connectivity index (χ1v) is 7.30. The van der Waals surface area contributed by atoms with Crippen molar-refractivity contribution in [1.82, 2.24) is 10.6 Å². The van der Waals surface area contributed by atoms with Crippen molar-refractivity contribution in [1.29, 1.82) is 0 Å². The van der Waals surface area contributed by atoms with Gasteiger partial charge in [0.2, 0.25) is 0 Å². The monoisotopic (exact) mass is 320 g/mol. The lowest BCUT2D eigenvalue weighted by atomic mass is 10.1. The number of carbonyl (C=O) groups is 2. The molecule has 126 valence electrons. The van der Waals surface area contributed by atoms with Gasteiger partial charge in [-0.2, -0.15) is 0 Å². The quantitative estimate of drug-likeness (QED) is 0.874. The van der Waals surface area contributed by atoms with Gasteiger partial charge in [0.05, 0.1) is 7.11 Å². The first kappa shape index (κ1) is 18.5. The summed E-state index contributed by atoms with van der Waals surface area (Å²) in [7, 11) is 1.53. The molecule has 0 saturated heterocycles. The van der Waals surface area contributed by atoms with Crippen molar-refractivity contribution in [3.05, 3.63) is 29.8 Å². The fraction of sp³-hybridized carbons (Fsp3) is 0.412. The maximum atomic E-state index is 11.7. The van der Waals surface area contributed by atoms with Crippen molar-refractivity contribution >= 4 is 18.0 Å². The Labute approximate surface area is 136 Å². The van der Waals surface area contributed by atoms with E-state index in [1.807, 2.05) is 45.9 Å². The van der Waals surface area contributed by atoms with E-state index < -0.39 is 17.5 Å². The molecule has 0 spiro atoms. The van der Waals surface area contributed by atoms with Crippen LogP contribution in [0.2, 0.25) is 0 Å². The second-order valence-corrected chi connectivity index (χ2v) is 5.95. The zero-order valence-corrected chi connectivity index (χ0v) is 14.2. The van der Waals surface area contributed by atoms with Gasteiger partial charge in [-0.05, 0) is 45.4 Å². The minimum Gasteiger partial charge on any atom is -0.493 e. The summed E-state index contributed by atoms with van der Waals surface area (Å²) in [6.07, 6.45) is 3.84. The second kappa shape index (κ2) is 8.22. The topological polar surface area (TPSA) is 76.7 Å². The normalized spacial score (nSPS) is 11.2. The summed E-state index contributed by atoms with van der Waals surface area (Å²) in [5.74, 6) is 0.422. The average Bonchev–Trinajstić information content (AvgIpc) is 2.43. The molecule has 6 heteroatoms. The molecule has 3 amide bonds. The summed E-state index contributed by atoms with van der Waals surface area (Å²) in [6, 6.07) is 4.82. The maximum Gasteiger partial charge on any atom is 0.321 e. The van der Waals surface area contributed by atoms with E-state index in [-0.39, 0.29) is 6.61 Å². The molecule has 0 bridgehead atoms. The van der Waals surface area contributed by atoms with Crippen LogP contribution in [0.3, 0.4) is 0 Å². The molecule has 0 aromatic heterocycles. The lowest BCUT2D eigenvalue weighted by Gasteiger charge is -2.20. The number of nitrogens with one attached hydrogen (secondary N) is 2. The summed E-state index contributed by atoms with van der Waals surface area (Å²) in [6.45, 7) is 7.11. The number of hydrogen-bond donors (Lipinski definition) is 2. The van der Waals surface area contributed by atoms with Crippen LogP contribution in [-0.2, 0) is 4.79 Å². The molecule has 6 nitrogen and oxygen atoms in total. The summed E-state index contributed by atoms with van der Waals surface area (Å²) in [4.78, 5) is 23.3. The second-order valence-electron chi connectivity index (χ2n) is 5.95. The molecule has 0 saturated carbocycles. The molecule has 0 radical (unpaired) electrons. The van der Waals surface area contributed by atoms with Gasteiger partial charge in [0, 0.05) is 5.54 Å². The Bertz CT molecular complexity index is 589. The third kappa shape index (κ3) is 6.86. The van der Waals surface area contributed by atoms with E-state index in [9.17, 15) is 9.59 Å². The number of benzene rings is 1. The third-order valence-electron chi connectivity index (χ3n) is 2.65. The number of imide groups is 1. The largest absolute Gasteiger partial charge is 0.493 e. The molecular weight excluding hydrogens is 296 g/mol. The molecule has 0 fully saturated rings. The van der Waals surface area contributed by atoms with Gasteiger partial charge >= 0.3 is 6.03 Å². The molecule has 0 aliphatic rings. The van der Waals surface area contributed by atoms with Crippen LogP contribution >= 0.6 is 0 Å². The van der Waals surface area contributed by atoms with Crippen molar-refractivity contribution in [3.8, 4) is 11.5 Å². The van der Waals surface area contributed by atoms with Crippen LogP contribution in [-0.4, -0.2) is 31.2 Å². The van der Waals surface area contributed by atoms with Gasteiger partial charge < -0.3 is 14.8 Å². The molecule has 0 aliphatic carbocycles. The van der Waals surface area contributed by atoms with Gasteiger partial charge in [0.15, 0.2) is 18.1 Å². The number of rotatable bonds is 5. The lowest BCUT2D eigenvalue weighted by molar-refractivity contribution is -0.122. The summed E-state index contributed by atoms with van der Waals surface area (Å²) < 4.78 is 10.7. The van der Waals surface area contributed by atoms with E-state index in [4.69, 9.17) is 9.47 Å². The summed E-state index contributed by atoms with van der Waals surface area (Å²) >= 11 is 0. The minimum absolute atomic E-state index is 0.281. The Morgan fingerprint density at radius 1 is 1.22 bits per heavy atom. The number of methoxy groups -OCH3 is 1. The van der Waals surface area contributed by atoms with Crippen LogP contribution in [0.1, 0.15) is 33.3 Å². The molecule has 1 rings (SSSR count). The highest BCUT2D eigenvalue weighted by Crippen LogP contribution is 2.28. The Morgan fingerprint density at radius 3 is 2.48 bits per heavy atom. The molecule has 0 heterocycles. The van der Waals surface area contributed by atoms with Crippen molar-refractivity contribution in [2.45, 2.75) is 33.2 Å². The van der Waals surface area contributed by atoms with Gasteiger partial charge in [-0.15, -0.1) is 0 Å². The van der Waals surface area contributed by atoms with Crippen LogP contribution in [0.25, 0.3) is 6.08 Å². The molecule has 0 atom stereocenters. The van der Waals surface area contributed by atoms with Crippen LogP contribution in [0.4, 0.5) is 4.79 Å². The van der Waals surface area contributed by atoms with Crippen molar-refractivity contribution in [2.24, 2.45) is 0 Å². The molecule has 1 aromatic rings. The first-order valence-electron chi connectivity index (χ1n) is 7.30. The van der Waals surface area contributed by atoms with Gasteiger partial charge in [-0.3, -0.25) is 10.1 Å². The molecule has 23 heavy (non-hydrogen) atoms. The number of hydrogen-bond acceptors (Lipinski definition) is 4. The zero-order valence-electron chi connectivity index (χ0n) is 14.2. The van der Waals surface area contributed by atoms with Gasteiger partial charge in [-0.1, -0.05) is 18.2 Å². The van der Waals surface area contributed by atoms with E-state index in [0.29, 0.717) is 11.5 Å². The van der Waals surface area contributed by atoms with E-state index in [0.717, 1.165) is 5.56 Å². The van der Waals surface area contributed by atoms with Gasteiger partial charge in [0.1, 0.15) is 0 Å². The minimum atomic E-state index is -0.554. The van der Waals surface area contributed by atoms with E-state index >= 15 is 0 Å². The molecule has 0 unspecified atom stereocenters. The van der Waals surface area contributed by atoms with Crippen molar-refractivity contribution in [3.63, 3.8) is 0 Å². The Hall–Kier alpha value is -2.50. The fourth-order valence-electron chi connectivity index (χ4n) is 1.78. The maximum absolute atomic E-state index is 11.7. The smallest absolute Gasteiger partial charge is 0.321 e. The number of amides is 3. The zero-order chi connectivity index (χ0) is 17.5. The highest BCUT2D eigenvalue weighted by molar-refractivity contribution is 5.95. The van der Waals surface area contributed by atoms with E-state index in [2.05, 4.69) is 10.6 Å². The van der Waals surface area contributed by atoms with Crippen LogP contribution < -0.4 is 20.1 Å². The Morgan fingerprint density at radius 2 is 1.91 bits per heavy atom. The average molecular weight is 320 g/mol. The first-order chi connectivity index (χ1) is 10.7. The molecular formula is C17H24N2O4. The van der Waals surface area contributed by atoms with Crippen LogP contribution in [0.5, 0.6) is 11.5 Å². The lowest BCUT2D eigenvalue weighted by Crippen LogP contribution is -2.49. The van der Waals surface area contributed by atoms with Crippen LogP contribution in [0.15, 0.2) is 24.3 Å². The fourth-order valence-corrected chi connectivity index (χ4v) is 1.78. The Kier molecular flexibility index (Phi) is 6.63. The predicted octanol–water partition coefficient (Wildman–Crippen LogP) is 2.73. The number of carbonyl (C=O) groups excluding carboxylic acids is 2. The van der Waals surface area contributed by atoms with Gasteiger partial charge in [-0.25, -0.2) is 4.79 Å². The van der Waals surface area contributed by atoms with Crippen LogP contribution in [0, 0.1) is 0 Å². The molecule has 1 aromatic carbocycles. The van der Waals surface area contributed by atoms with E-state index in [1.54, 1.807) is 12.1 Å². The van der Waals surface area contributed by atoms with Crippen molar-refractivity contribution in [2.75, 3.05) is 13.7 Å². The third-order valence-corrected chi connectivity index (χ3v) is 2.65. The Balaban J connectivity index is 2.60. The standard InChI is InChI=1S/C17H24N2O4/c1-6-7-12-8-9-13(14(10-12)22-5)23-11-15(20)18-16(21)19-17(2,3)4/h6-10H,11H2,1-5H3,(H2,18,19,20,21). The molecule has 0 aliphatic heterocycles. The highest BCUT2D eigenvalue weighted by atomic mass is 16.5. The van der Waals surface area contributed by atoms with Crippen molar-refractivity contribution < 1.29 is 19.1 Å². The number of urea groups is 1. The SMILES string of the molecule is CC=Cc1ccc(OCC(=O)NC(=O)NC(C)(C)C)c(OC)c1. The predicted molar refractivity (Wildman–Crippen MR) is 89.6 cm³/mol. The number of ether oxygens (including phenoxy) is 2. The number of allylic oxidation sites excluding steroid dienone is 1. The summed E-state index contributed by atoms with van der Waals surface area (Å²) in [5.41, 5.74) is 0.544. The summed E-state index contributed by atoms with van der Waals surface area (Å²) in [5, 5.41) is 4.84. The van der Waals surface area contributed by atoms with Gasteiger partial charge in [0.25, 0.3) is 5.91 Å². The van der Waals surface area contributed by atoms with E-state index in [1.165, 1.54) is 7.11 Å². The molecule has 2 N–H and O–H groups in total.